The molecular formula is C10H17NO3. The van der Waals surface area contributed by atoms with Crippen LogP contribution < -0.4 is 0 Å². The van der Waals surface area contributed by atoms with E-state index in [1.54, 1.807) is 6.92 Å². The van der Waals surface area contributed by atoms with Crippen molar-refractivity contribution >= 4 is 11.9 Å². The SMILES string of the molecule is CC(=O)N1CCCC(CC(=O)O)CC1. The molecule has 0 spiro atoms. The second kappa shape index (κ2) is 4.98. The number of rotatable bonds is 2. The first kappa shape index (κ1) is 11.0. The summed E-state index contributed by atoms with van der Waals surface area (Å²) in [6.45, 7) is 3.07. The molecule has 0 radical (unpaired) electrons. The fourth-order valence-corrected chi connectivity index (χ4v) is 1.93. The van der Waals surface area contributed by atoms with E-state index in [1.807, 2.05) is 4.90 Å². The summed E-state index contributed by atoms with van der Waals surface area (Å²) < 4.78 is 0. The summed E-state index contributed by atoms with van der Waals surface area (Å²) in [6.07, 6.45) is 2.92. The van der Waals surface area contributed by atoms with Crippen molar-refractivity contribution in [1.29, 1.82) is 0 Å². The number of carbonyl (C=O) groups excluding carboxylic acids is 1. The van der Waals surface area contributed by atoms with E-state index in [1.165, 1.54) is 0 Å². The van der Waals surface area contributed by atoms with Crippen molar-refractivity contribution in [3.63, 3.8) is 0 Å². The number of amides is 1. The molecule has 14 heavy (non-hydrogen) atoms. The number of hydrogen-bond donors (Lipinski definition) is 1. The summed E-state index contributed by atoms with van der Waals surface area (Å²) in [6, 6.07) is 0. The molecule has 1 aliphatic heterocycles. The summed E-state index contributed by atoms with van der Waals surface area (Å²) >= 11 is 0. The highest BCUT2D eigenvalue weighted by atomic mass is 16.4. The Morgan fingerprint density at radius 2 is 2.07 bits per heavy atom. The quantitative estimate of drug-likeness (QED) is 0.724. The molecule has 1 N–H and O–H groups in total. The maximum Gasteiger partial charge on any atom is 0.303 e. The lowest BCUT2D eigenvalue weighted by Gasteiger charge is -2.17. The molecular weight excluding hydrogens is 182 g/mol. The van der Waals surface area contributed by atoms with Gasteiger partial charge in [-0.25, -0.2) is 0 Å². The van der Waals surface area contributed by atoms with Gasteiger partial charge in [-0.2, -0.15) is 0 Å². The van der Waals surface area contributed by atoms with Crippen LogP contribution in [-0.4, -0.2) is 35.0 Å². The number of hydrogen-bond acceptors (Lipinski definition) is 2. The molecule has 1 unspecified atom stereocenters. The first-order valence-electron chi connectivity index (χ1n) is 5.07. The Hall–Kier alpha value is -1.06. The van der Waals surface area contributed by atoms with Crippen molar-refractivity contribution in [3.05, 3.63) is 0 Å². The fourth-order valence-electron chi connectivity index (χ4n) is 1.93. The smallest absolute Gasteiger partial charge is 0.303 e. The van der Waals surface area contributed by atoms with Crippen molar-refractivity contribution in [2.45, 2.75) is 32.6 Å². The van der Waals surface area contributed by atoms with Crippen LogP contribution in [0.15, 0.2) is 0 Å². The lowest BCUT2D eigenvalue weighted by molar-refractivity contribution is -0.138. The zero-order valence-electron chi connectivity index (χ0n) is 8.53. The molecule has 0 bridgehead atoms. The van der Waals surface area contributed by atoms with E-state index in [4.69, 9.17) is 5.11 Å². The predicted octanol–water partition coefficient (Wildman–Crippen LogP) is 1.11. The maximum absolute atomic E-state index is 11.1. The first-order valence-corrected chi connectivity index (χ1v) is 5.07. The van der Waals surface area contributed by atoms with Crippen LogP contribution in [0.25, 0.3) is 0 Å². The number of carboxylic acid groups (broad SMARTS) is 1. The lowest BCUT2D eigenvalue weighted by Crippen LogP contribution is -2.29. The van der Waals surface area contributed by atoms with E-state index in [0.29, 0.717) is 6.54 Å². The molecule has 1 heterocycles. The standard InChI is InChI=1S/C10H17NO3/c1-8(12)11-5-2-3-9(4-6-11)7-10(13)14/h9H,2-7H2,1H3,(H,13,14). The van der Waals surface area contributed by atoms with E-state index < -0.39 is 5.97 Å². The van der Waals surface area contributed by atoms with Crippen molar-refractivity contribution in [3.8, 4) is 0 Å². The highest BCUT2D eigenvalue weighted by Gasteiger charge is 2.20. The highest BCUT2D eigenvalue weighted by Crippen LogP contribution is 2.20. The number of carbonyl (C=O) groups is 2. The maximum atomic E-state index is 11.1. The Bertz CT molecular complexity index is 227. The largest absolute Gasteiger partial charge is 0.481 e. The third-order valence-corrected chi connectivity index (χ3v) is 2.76. The zero-order valence-corrected chi connectivity index (χ0v) is 8.53. The van der Waals surface area contributed by atoms with Crippen LogP contribution in [0.2, 0.25) is 0 Å². The van der Waals surface area contributed by atoms with Gasteiger partial charge in [0.1, 0.15) is 0 Å². The third-order valence-electron chi connectivity index (χ3n) is 2.76. The Kier molecular flexibility index (Phi) is 3.92. The van der Waals surface area contributed by atoms with Gasteiger partial charge in [-0.3, -0.25) is 9.59 Å². The molecule has 1 aliphatic rings. The molecule has 0 aromatic heterocycles. The molecule has 1 atom stereocenters. The van der Waals surface area contributed by atoms with Gasteiger partial charge >= 0.3 is 5.97 Å². The van der Waals surface area contributed by atoms with E-state index in [-0.39, 0.29) is 18.2 Å². The number of nitrogens with zero attached hydrogens (tertiary/aromatic N) is 1. The van der Waals surface area contributed by atoms with Crippen molar-refractivity contribution < 1.29 is 14.7 Å². The van der Waals surface area contributed by atoms with E-state index >= 15 is 0 Å². The number of carboxylic acids is 1. The van der Waals surface area contributed by atoms with Gasteiger partial charge in [0.2, 0.25) is 5.91 Å². The minimum atomic E-state index is -0.730. The summed E-state index contributed by atoms with van der Waals surface area (Å²) in [5.41, 5.74) is 0. The Labute approximate surface area is 83.9 Å². The Morgan fingerprint density at radius 1 is 1.36 bits per heavy atom. The van der Waals surface area contributed by atoms with E-state index in [0.717, 1.165) is 25.8 Å². The van der Waals surface area contributed by atoms with Gasteiger partial charge in [0.25, 0.3) is 0 Å². The summed E-state index contributed by atoms with van der Waals surface area (Å²) in [7, 11) is 0. The minimum Gasteiger partial charge on any atom is -0.481 e. The molecule has 1 amide bonds. The van der Waals surface area contributed by atoms with Gasteiger partial charge in [0.05, 0.1) is 0 Å². The highest BCUT2D eigenvalue weighted by molar-refractivity contribution is 5.73. The molecule has 0 aliphatic carbocycles. The predicted molar refractivity (Wildman–Crippen MR) is 51.8 cm³/mol. The molecule has 4 heteroatoms. The Balaban J connectivity index is 2.40. The van der Waals surface area contributed by atoms with Crippen LogP contribution in [0.1, 0.15) is 32.6 Å². The molecule has 0 aromatic rings. The summed E-state index contributed by atoms with van der Waals surface area (Å²) in [5, 5.41) is 8.65. The lowest BCUT2D eigenvalue weighted by atomic mass is 9.97. The number of likely N-dealkylation sites (tertiary alicyclic amines) is 1. The van der Waals surface area contributed by atoms with Gasteiger partial charge in [-0.05, 0) is 25.2 Å². The second-order valence-electron chi connectivity index (χ2n) is 3.90. The van der Waals surface area contributed by atoms with Crippen LogP contribution in [-0.2, 0) is 9.59 Å². The van der Waals surface area contributed by atoms with Gasteiger partial charge in [0, 0.05) is 26.4 Å². The van der Waals surface area contributed by atoms with Gasteiger partial charge < -0.3 is 10.0 Å². The molecule has 1 saturated heterocycles. The van der Waals surface area contributed by atoms with E-state index in [9.17, 15) is 9.59 Å². The zero-order chi connectivity index (χ0) is 10.6. The van der Waals surface area contributed by atoms with Gasteiger partial charge in [0.15, 0.2) is 0 Å². The molecule has 1 rings (SSSR count). The average molecular weight is 199 g/mol. The van der Waals surface area contributed by atoms with Gasteiger partial charge in [-0.1, -0.05) is 0 Å². The fraction of sp³-hybridized carbons (Fsp3) is 0.800. The van der Waals surface area contributed by atoms with Crippen LogP contribution in [0, 0.1) is 5.92 Å². The van der Waals surface area contributed by atoms with Crippen LogP contribution in [0.3, 0.4) is 0 Å². The van der Waals surface area contributed by atoms with Crippen LogP contribution >= 0.6 is 0 Å². The second-order valence-corrected chi connectivity index (χ2v) is 3.90. The first-order chi connectivity index (χ1) is 6.59. The van der Waals surface area contributed by atoms with E-state index in [2.05, 4.69) is 0 Å². The molecule has 1 fully saturated rings. The van der Waals surface area contributed by atoms with Crippen molar-refractivity contribution in [1.82, 2.24) is 4.90 Å². The van der Waals surface area contributed by atoms with Crippen LogP contribution in [0.4, 0.5) is 0 Å². The molecule has 4 nitrogen and oxygen atoms in total. The normalized spacial score (nSPS) is 22.9. The third kappa shape index (κ3) is 3.36. The minimum absolute atomic E-state index is 0.0981. The average Bonchev–Trinajstić information content (AvgIpc) is 2.28. The van der Waals surface area contributed by atoms with Crippen LogP contribution in [0.5, 0.6) is 0 Å². The molecule has 0 aromatic carbocycles. The summed E-state index contributed by atoms with van der Waals surface area (Å²) in [5.74, 6) is -0.385. The topological polar surface area (TPSA) is 57.6 Å². The van der Waals surface area contributed by atoms with Crippen molar-refractivity contribution in [2.24, 2.45) is 5.92 Å². The molecule has 0 saturated carbocycles. The number of aliphatic carboxylic acids is 1. The molecule has 80 valence electrons. The van der Waals surface area contributed by atoms with Crippen molar-refractivity contribution in [2.75, 3.05) is 13.1 Å². The Morgan fingerprint density at radius 3 is 2.64 bits per heavy atom. The monoisotopic (exact) mass is 199 g/mol. The van der Waals surface area contributed by atoms with Gasteiger partial charge in [-0.15, -0.1) is 0 Å². The summed E-state index contributed by atoms with van der Waals surface area (Å²) in [4.78, 5) is 23.4.